The molecule has 0 heterocycles. The molecular formula is C13H18N2O2S. The Kier molecular flexibility index (Phi) is 6.00. The molecule has 1 aromatic rings. The molecule has 4 nitrogen and oxygen atoms in total. The van der Waals surface area contributed by atoms with Gasteiger partial charge in [0, 0.05) is 18.3 Å². The van der Waals surface area contributed by atoms with Crippen LogP contribution in [0.1, 0.15) is 6.92 Å². The quantitative estimate of drug-likeness (QED) is 0.612. The van der Waals surface area contributed by atoms with Crippen LogP contribution in [-0.4, -0.2) is 25.4 Å². The van der Waals surface area contributed by atoms with Crippen LogP contribution in [0.25, 0.3) is 0 Å². The Balaban J connectivity index is 2.72. The number of hydrogen-bond donors (Lipinski definition) is 2. The summed E-state index contributed by atoms with van der Waals surface area (Å²) in [6.45, 7) is 6.77. The van der Waals surface area contributed by atoms with Crippen LogP contribution in [0.3, 0.4) is 0 Å². The van der Waals surface area contributed by atoms with E-state index in [0.717, 1.165) is 11.4 Å². The molecule has 98 valence electrons. The first kappa shape index (κ1) is 14.3. The maximum absolute atomic E-state index is 5.44. The summed E-state index contributed by atoms with van der Waals surface area (Å²) in [7, 11) is 1.61. The minimum atomic E-state index is 0.543. The lowest BCUT2D eigenvalue weighted by molar-refractivity contribution is 0.311. The van der Waals surface area contributed by atoms with Crippen LogP contribution < -0.4 is 20.1 Å². The third kappa shape index (κ3) is 4.25. The van der Waals surface area contributed by atoms with Crippen LogP contribution in [0.15, 0.2) is 30.9 Å². The summed E-state index contributed by atoms with van der Waals surface area (Å²) in [4.78, 5) is 0. The van der Waals surface area contributed by atoms with E-state index < -0.39 is 0 Å². The molecule has 5 heteroatoms. The molecule has 1 aromatic carbocycles. The van der Waals surface area contributed by atoms with Crippen molar-refractivity contribution >= 4 is 23.0 Å². The molecule has 0 spiro atoms. The molecule has 0 radical (unpaired) electrons. The van der Waals surface area contributed by atoms with Gasteiger partial charge in [-0.1, -0.05) is 6.08 Å². The van der Waals surface area contributed by atoms with Gasteiger partial charge in [0.25, 0.3) is 0 Å². The zero-order valence-corrected chi connectivity index (χ0v) is 11.5. The van der Waals surface area contributed by atoms with Crippen molar-refractivity contribution in [3.63, 3.8) is 0 Å². The Bertz CT molecular complexity index is 421. The van der Waals surface area contributed by atoms with E-state index in [1.807, 2.05) is 25.1 Å². The van der Waals surface area contributed by atoms with Gasteiger partial charge in [-0.3, -0.25) is 0 Å². The summed E-state index contributed by atoms with van der Waals surface area (Å²) in [5.74, 6) is 1.39. The number of rotatable bonds is 6. The highest BCUT2D eigenvalue weighted by Crippen LogP contribution is 2.30. The van der Waals surface area contributed by atoms with Crippen molar-refractivity contribution in [1.29, 1.82) is 0 Å². The van der Waals surface area contributed by atoms with Gasteiger partial charge in [0.2, 0.25) is 0 Å². The van der Waals surface area contributed by atoms with Gasteiger partial charge in [-0.2, -0.15) is 0 Å². The van der Waals surface area contributed by atoms with Crippen molar-refractivity contribution in [2.75, 3.05) is 25.6 Å². The molecule has 0 aromatic heterocycles. The molecule has 0 aliphatic heterocycles. The second-order valence-electron chi connectivity index (χ2n) is 3.42. The molecule has 0 aliphatic rings. The Hall–Kier alpha value is -1.75. The maximum Gasteiger partial charge on any atom is 0.171 e. The van der Waals surface area contributed by atoms with E-state index in [9.17, 15) is 0 Å². The second kappa shape index (κ2) is 7.55. The van der Waals surface area contributed by atoms with E-state index in [4.69, 9.17) is 21.7 Å². The van der Waals surface area contributed by atoms with Crippen LogP contribution in [0.5, 0.6) is 11.5 Å². The van der Waals surface area contributed by atoms with Crippen molar-refractivity contribution < 1.29 is 9.47 Å². The summed E-state index contributed by atoms with van der Waals surface area (Å²) in [5, 5.41) is 6.59. The molecule has 1 rings (SSSR count). The number of thiocarbonyl (C=S) groups is 1. The predicted octanol–water partition coefficient (Wildman–Crippen LogP) is 2.57. The van der Waals surface area contributed by atoms with Gasteiger partial charge in [0.05, 0.1) is 13.7 Å². The molecule has 0 saturated heterocycles. The molecule has 0 saturated carbocycles. The van der Waals surface area contributed by atoms with Gasteiger partial charge in [0.1, 0.15) is 0 Å². The SMILES string of the molecule is C=CCNC(=S)Nc1ccc(OCC)c(OC)c1. The summed E-state index contributed by atoms with van der Waals surface area (Å²) in [5.41, 5.74) is 0.844. The smallest absolute Gasteiger partial charge is 0.171 e. The van der Waals surface area contributed by atoms with Crippen molar-refractivity contribution in [2.45, 2.75) is 6.92 Å². The fourth-order valence-corrected chi connectivity index (χ4v) is 1.56. The molecule has 18 heavy (non-hydrogen) atoms. The number of anilines is 1. The lowest BCUT2D eigenvalue weighted by Crippen LogP contribution is -2.28. The molecule has 0 atom stereocenters. The number of ether oxygens (including phenoxy) is 2. The van der Waals surface area contributed by atoms with E-state index >= 15 is 0 Å². The highest BCUT2D eigenvalue weighted by Gasteiger charge is 2.05. The highest BCUT2D eigenvalue weighted by atomic mass is 32.1. The van der Waals surface area contributed by atoms with E-state index in [2.05, 4.69) is 17.2 Å². The normalized spacial score (nSPS) is 9.44. The van der Waals surface area contributed by atoms with Gasteiger partial charge >= 0.3 is 0 Å². The summed E-state index contributed by atoms with van der Waals surface area (Å²) in [6, 6.07) is 5.57. The standard InChI is InChI=1S/C13H18N2O2S/c1-4-8-14-13(18)15-10-6-7-11(17-5-2)12(9-10)16-3/h4,6-7,9H,1,5,8H2,2-3H3,(H2,14,15,18). The van der Waals surface area contributed by atoms with Crippen LogP contribution in [-0.2, 0) is 0 Å². The van der Waals surface area contributed by atoms with E-state index in [-0.39, 0.29) is 0 Å². The van der Waals surface area contributed by atoms with E-state index in [1.165, 1.54) is 0 Å². The van der Waals surface area contributed by atoms with Crippen molar-refractivity contribution in [3.8, 4) is 11.5 Å². The average Bonchev–Trinajstić information content (AvgIpc) is 2.38. The highest BCUT2D eigenvalue weighted by molar-refractivity contribution is 7.80. The third-order valence-electron chi connectivity index (χ3n) is 2.13. The topological polar surface area (TPSA) is 42.5 Å². The Labute approximate surface area is 113 Å². The molecule has 0 fully saturated rings. The fraction of sp³-hybridized carbons (Fsp3) is 0.308. The summed E-state index contributed by atoms with van der Waals surface area (Å²) < 4.78 is 10.7. The minimum Gasteiger partial charge on any atom is -0.493 e. The summed E-state index contributed by atoms with van der Waals surface area (Å²) >= 11 is 5.12. The molecule has 0 unspecified atom stereocenters. The number of nitrogens with one attached hydrogen (secondary N) is 2. The summed E-state index contributed by atoms with van der Waals surface area (Å²) in [6.07, 6.45) is 1.74. The lowest BCUT2D eigenvalue weighted by Gasteiger charge is -2.13. The second-order valence-corrected chi connectivity index (χ2v) is 3.83. The van der Waals surface area contributed by atoms with Gasteiger partial charge < -0.3 is 20.1 Å². The predicted molar refractivity (Wildman–Crippen MR) is 78.6 cm³/mol. The van der Waals surface area contributed by atoms with Crippen LogP contribution in [0.2, 0.25) is 0 Å². The van der Waals surface area contributed by atoms with Gasteiger partial charge in [-0.25, -0.2) is 0 Å². The van der Waals surface area contributed by atoms with Crippen LogP contribution in [0, 0.1) is 0 Å². The Morgan fingerprint density at radius 2 is 2.22 bits per heavy atom. The number of hydrogen-bond acceptors (Lipinski definition) is 3. The van der Waals surface area contributed by atoms with Crippen molar-refractivity contribution in [2.24, 2.45) is 0 Å². The first-order valence-electron chi connectivity index (χ1n) is 5.67. The molecular weight excluding hydrogens is 248 g/mol. The van der Waals surface area contributed by atoms with Gasteiger partial charge in [-0.05, 0) is 31.3 Å². The molecule has 0 bridgehead atoms. The Morgan fingerprint density at radius 1 is 1.44 bits per heavy atom. The molecule has 2 N–H and O–H groups in total. The van der Waals surface area contributed by atoms with E-state index in [0.29, 0.717) is 24.0 Å². The Morgan fingerprint density at radius 3 is 2.83 bits per heavy atom. The van der Waals surface area contributed by atoms with Crippen LogP contribution >= 0.6 is 12.2 Å². The zero-order valence-electron chi connectivity index (χ0n) is 10.7. The van der Waals surface area contributed by atoms with Crippen molar-refractivity contribution in [1.82, 2.24) is 5.32 Å². The fourth-order valence-electron chi connectivity index (χ4n) is 1.36. The zero-order chi connectivity index (χ0) is 13.4. The van der Waals surface area contributed by atoms with Crippen LogP contribution in [0.4, 0.5) is 5.69 Å². The largest absolute Gasteiger partial charge is 0.493 e. The van der Waals surface area contributed by atoms with Gasteiger partial charge in [0.15, 0.2) is 16.6 Å². The molecule has 0 aliphatic carbocycles. The lowest BCUT2D eigenvalue weighted by atomic mass is 10.3. The number of methoxy groups -OCH3 is 1. The van der Waals surface area contributed by atoms with Crippen molar-refractivity contribution in [3.05, 3.63) is 30.9 Å². The third-order valence-corrected chi connectivity index (χ3v) is 2.37. The minimum absolute atomic E-state index is 0.543. The number of benzene rings is 1. The monoisotopic (exact) mass is 266 g/mol. The first-order valence-corrected chi connectivity index (χ1v) is 6.08. The van der Waals surface area contributed by atoms with Gasteiger partial charge in [-0.15, -0.1) is 6.58 Å². The average molecular weight is 266 g/mol. The molecule has 0 amide bonds. The first-order chi connectivity index (χ1) is 8.71. The maximum atomic E-state index is 5.44. The van der Waals surface area contributed by atoms with E-state index in [1.54, 1.807) is 13.2 Å².